The Kier molecular flexibility index (Phi) is 4.00. The molecule has 0 aliphatic carbocycles. The zero-order valence-electron chi connectivity index (χ0n) is 14.7. The molecule has 0 aliphatic heterocycles. The number of hydrogen-bond acceptors (Lipinski definition) is 5. The van der Waals surface area contributed by atoms with Gasteiger partial charge >= 0.3 is 0 Å². The van der Waals surface area contributed by atoms with Crippen LogP contribution in [0.4, 0.5) is 17.5 Å². The Morgan fingerprint density at radius 3 is 2.58 bits per heavy atom. The first kappa shape index (κ1) is 16.4. The highest BCUT2D eigenvalue weighted by Crippen LogP contribution is 2.27. The van der Waals surface area contributed by atoms with Gasteiger partial charge in [-0.15, -0.1) is 0 Å². The summed E-state index contributed by atoms with van der Waals surface area (Å²) in [5.41, 5.74) is 3.71. The second-order valence-electron chi connectivity index (χ2n) is 6.26. The van der Waals surface area contributed by atoms with Crippen LogP contribution in [0.1, 0.15) is 5.69 Å². The number of nitrogens with zero attached hydrogens (tertiary/aromatic N) is 5. The van der Waals surface area contributed by atoms with E-state index in [1.54, 1.807) is 17.1 Å². The number of rotatable bonds is 4. The normalized spacial score (nSPS) is 11.1. The second kappa shape index (κ2) is 6.34. The fourth-order valence-electron chi connectivity index (χ4n) is 2.70. The van der Waals surface area contributed by atoms with Crippen LogP contribution in [0.5, 0.6) is 0 Å². The third kappa shape index (κ3) is 3.09. The Hall–Kier alpha value is -3.06. The summed E-state index contributed by atoms with van der Waals surface area (Å²) in [6.07, 6.45) is 3.38. The van der Waals surface area contributed by atoms with Crippen LogP contribution in [0.15, 0.2) is 42.7 Å². The second-order valence-corrected chi connectivity index (χ2v) is 6.69. The molecule has 7 nitrogen and oxygen atoms in total. The Morgan fingerprint density at radius 1 is 1.15 bits per heavy atom. The van der Waals surface area contributed by atoms with Gasteiger partial charge in [0.05, 0.1) is 22.3 Å². The van der Waals surface area contributed by atoms with Crippen LogP contribution in [0, 0.1) is 6.92 Å². The van der Waals surface area contributed by atoms with E-state index in [0.717, 1.165) is 33.9 Å². The summed E-state index contributed by atoms with van der Waals surface area (Å²) in [4.78, 5) is 14.3. The number of anilines is 3. The quantitative estimate of drug-likeness (QED) is 0.572. The van der Waals surface area contributed by atoms with E-state index in [2.05, 4.69) is 25.4 Å². The molecule has 0 spiro atoms. The van der Waals surface area contributed by atoms with Gasteiger partial charge in [0.15, 0.2) is 0 Å². The van der Waals surface area contributed by atoms with Gasteiger partial charge in [-0.25, -0.2) is 4.68 Å². The number of hydrogen-bond donors (Lipinski definition) is 2. The Labute approximate surface area is 155 Å². The molecule has 2 N–H and O–H groups in total. The highest BCUT2D eigenvalue weighted by molar-refractivity contribution is 6.30. The molecule has 0 atom stereocenters. The third-order valence-corrected chi connectivity index (χ3v) is 4.15. The molecule has 0 amide bonds. The Morgan fingerprint density at radius 2 is 1.92 bits per heavy atom. The van der Waals surface area contributed by atoms with Crippen LogP contribution < -0.4 is 10.2 Å². The minimum atomic E-state index is 0.606. The molecule has 4 rings (SSSR count). The minimum Gasteiger partial charge on any atom is -0.347 e. The number of aryl methyl sites for hydroxylation is 1. The first-order valence-corrected chi connectivity index (χ1v) is 8.50. The molecule has 0 radical (unpaired) electrons. The number of aromatic nitrogens is 5. The van der Waals surface area contributed by atoms with Crippen molar-refractivity contribution in [2.75, 3.05) is 24.3 Å². The van der Waals surface area contributed by atoms with Crippen molar-refractivity contribution in [3.63, 3.8) is 0 Å². The first-order valence-electron chi connectivity index (χ1n) is 8.12. The highest BCUT2D eigenvalue weighted by atomic mass is 35.5. The molecule has 4 aromatic rings. The number of aromatic amines is 1. The molecule has 1 aromatic carbocycles. The van der Waals surface area contributed by atoms with E-state index in [0.29, 0.717) is 11.0 Å². The summed E-state index contributed by atoms with van der Waals surface area (Å²) in [5, 5.41) is 9.16. The standard InChI is InChI=1S/C18H18ClN7/c1-11-8-15-16(21-11)23-18(25(2)3)24-17(15)22-13-4-6-14(7-5-13)26-10-12(19)9-20-26/h4-10H,1-3H3,(H2,21,22,23,24). The van der Waals surface area contributed by atoms with Crippen molar-refractivity contribution in [1.29, 1.82) is 0 Å². The number of halogens is 1. The van der Waals surface area contributed by atoms with Crippen LogP contribution in [0.2, 0.25) is 5.02 Å². The predicted octanol–water partition coefficient (Wildman–Crippen LogP) is 3.92. The van der Waals surface area contributed by atoms with Crippen molar-refractivity contribution in [2.24, 2.45) is 0 Å². The fraction of sp³-hybridized carbons (Fsp3) is 0.167. The fourth-order valence-corrected chi connectivity index (χ4v) is 2.84. The minimum absolute atomic E-state index is 0.606. The van der Waals surface area contributed by atoms with E-state index in [-0.39, 0.29) is 0 Å². The van der Waals surface area contributed by atoms with Crippen LogP contribution in [0.25, 0.3) is 16.7 Å². The summed E-state index contributed by atoms with van der Waals surface area (Å²) >= 11 is 5.93. The van der Waals surface area contributed by atoms with Crippen molar-refractivity contribution in [1.82, 2.24) is 24.7 Å². The molecule has 8 heteroatoms. The van der Waals surface area contributed by atoms with Crippen LogP contribution in [-0.2, 0) is 0 Å². The summed E-state index contributed by atoms with van der Waals surface area (Å²) in [6.45, 7) is 2.00. The van der Waals surface area contributed by atoms with Gasteiger partial charge in [0, 0.05) is 31.7 Å². The van der Waals surface area contributed by atoms with Gasteiger partial charge in [-0.3, -0.25) is 0 Å². The molecule has 3 heterocycles. The average Bonchev–Trinajstić information content (AvgIpc) is 3.20. The topological polar surface area (TPSA) is 74.7 Å². The third-order valence-electron chi connectivity index (χ3n) is 3.96. The predicted molar refractivity (Wildman–Crippen MR) is 105 cm³/mol. The molecule has 0 fully saturated rings. The molecule has 26 heavy (non-hydrogen) atoms. The summed E-state index contributed by atoms with van der Waals surface area (Å²) in [5.74, 6) is 1.41. The van der Waals surface area contributed by atoms with Crippen LogP contribution >= 0.6 is 11.6 Å². The molecule has 3 aromatic heterocycles. The monoisotopic (exact) mass is 367 g/mol. The lowest BCUT2D eigenvalue weighted by Gasteiger charge is -2.13. The number of benzene rings is 1. The summed E-state index contributed by atoms with van der Waals surface area (Å²) in [6, 6.07) is 9.94. The molecule has 132 valence electrons. The Balaban J connectivity index is 1.68. The van der Waals surface area contributed by atoms with E-state index < -0.39 is 0 Å². The van der Waals surface area contributed by atoms with Crippen molar-refractivity contribution in [2.45, 2.75) is 6.92 Å². The number of nitrogens with one attached hydrogen (secondary N) is 2. The maximum Gasteiger partial charge on any atom is 0.228 e. The first-order chi connectivity index (χ1) is 12.5. The van der Waals surface area contributed by atoms with E-state index in [1.807, 2.05) is 56.3 Å². The van der Waals surface area contributed by atoms with Gasteiger partial charge in [-0.1, -0.05) is 11.6 Å². The lowest BCUT2D eigenvalue weighted by atomic mass is 10.2. The molecule has 0 saturated heterocycles. The maximum absolute atomic E-state index is 5.93. The molecule has 0 saturated carbocycles. The lowest BCUT2D eigenvalue weighted by molar-refractivity contribution is 0.881. The van der Waals surface area contributed by atoms with Crippen molar-refractivity contribution >= 4 is 40.1 Å². The van der Waals surface area contributed by atoms with E-state index in [1.165, 1.54) is 0 Å². The SMILES string of the molecule is Cc1cc2c(Nc3ccc(-n4cc(Cl)cn4)cc3)nc(N(C)C)nc2[nH]1. The van der Waals surface area contributed by atoms with Gasteiger partial charge in [0.2, 0.25) is 5.95 Å². The average molecular weight is 368 g/mol. The lowest BCUT2D eigenvalue weighted by Crippen LogP contribution is -2.13. The van der Waals surface area contributed by atoms with E-state index in [9.17, 15) is 0 Å². The maximum atomic E-state index is 5.93. The number of fused-ring (bicyclic) bond motifs is 1. The molecular weight excluding hydrogens is 350 g/mol. The smallest absolute Gasteiger partial charge is 0.228 e. The zero-order chi connectivity index (χ0) is 18.3. The van der Waals surface area contributed by atoms with Gasteiger partial charge in [0.1, 0.15) is 11.5 Å². The van der Waals surface area contributed by atoms with Gasteiger partial charge in [0.25, 0.3) is 0 Å². The largest absolute Gasteiger partial charge is 0.347 e. The van der Waals surface area contributed by atoms with Crippen molar-refractivity contribution in [3.05, 3.63) is 53.4 Å². The van der Waals surface area contributed by atoms with Crippen LogP contribution in [0.3, 0.4) is 0 Å². The highest BCUT2D eigenvalue weighted by Gasteiger charge is 2.12. The van der Waals surface area contributed by atoms with E-state index in [4.69, 9.17) is 11.6 Å². The molecule has 0 bridgehead atoms. The summed E-state index contributed by atoms with van der Waals surface area (Å²) < 4.78 is 1.73. The summed E-state index contributed by atoms with van der Waals surface area (Å²) in [7, 11) is 3.84. The van der Waals surface area contributed by atoms with Crippen molar-refractivity contribution < 1.29 is 0 Å². The van der Waals surface area contributed by atoms with E-state index >= 15 is 0 Å². The van der Waals surface area contributed by atoms with Gasteiger partial charge in [-0.05, 0) is 37.3 Å². The molecule has 0 aliphatic rings. The van der Waals surface area contributed by atoms with Crippen molar-refractivity contribution in [3.8, 4) is 5.69 Å². The number of H-pyrrole nitrogens is 1. The zero-order valence-corrected chi connectivity index (χ0v) is 15.4. The van der Waals surface area contributed by atoms with Crippen LogP contribution in [-0.4, -0.2) is 38.8 Å². The molecule has 0 unspecified atom stereocenters. The van der Waals surface area contributed by atoms with Gasteiger partial charge in [-0.2, -0.15) is 15.1 Å². The van der Waals surface area contributed by atoms with Gasteiger partial charge < -0.3 is 15.2 Å². The Bertz CT molecular complexity index is 1060. The molecular formula is C18H18ClN7.